The van der Waals surface area contributed by atoms with Gasteiger partial charge in [0, 0.05) is 110 Å². The molecule has 2 heterocycles. The maximum atomic E-state index is 14.8. The second-order valence-corrected chi connectivity index (χ2v) is 15.8. The topological polar surface area (TPSA) is 100 Å². The van der Waals surface area contributed by atoms with Gasteiger partial charge in [0.15, 0.2) is 0 Å². The van der Waals surface area contributed by atoms with Crippen LogP contribution in [0.25, 0.3) is 6.08 Å². The summed E-state index contributed by atoms with van der Waals surface area (Å²) >= 11 is 0. The van der Waals surface area contributed by atoms with Crippen LogP contribution in [0.2, 0.25) is 0 Å². The number of amides is 3. The van der Waals surface area contributed by atoms with Gasteiger partial charge in [0.1, 0.15) is 11.8 Å². The molecule has 4 aromatic carbocycles. The van der Waals surface area contributed by atoms with E-state index in [1.807, 2.05) is 102 Å². The summed E-state index contributed by atoms with van der Waals surface area (Å²) in [5.41, 5.74) is 6.10. The van der Waals surface area contributed by atoms with E-state index in [0.29, 0.717) is 39.1 Å². The van der Waals surface area contributed by atoms with Gasteiger partial charge in [-0.3, -0.25) is 19.3 Å². The molecule has 2 saturated heterocycles. The van der Waals surface area contributed by atoms with E-state index in [2.05, 4.69) is 46.2 Å². The molecule has 59 heavy (non-hydrogen) atoms. The van der Waals surface area contributed by atoms with Gasteiger partial charge in [-0.05, 0) is 78.6 Å². The van der Waals surface area contributed by atoms with Crippen LogP contribution in [0.5, 0.6) is 5.75 Å². The van der Waals surface area contributed by atoms with Crippen molar-refractivity contribution < 1.29 is 24.2 Å². The lowest BCUT2D eigenvalue weighted by Crippen LogP contribution is -2.56. The lowest BCUT2D eigenvalue weighted by molar-refractivity contribution is -0.145. The van der Waals surface area contributed by atoms with Crippen LogP contribution in [0.4, 0.5) is 11.4 Å². The molecular formula is C48H60N6O5. The molecule has 1 N–H and O–H groups in total. The van der Waals surface area contributed by atoms with Crippen molar-refractivity contribution in [3.05, 3.63) is 131 Å². The average Bonchev–Trinajstić information content (AvgIpc) is 3.25. The van der Waals surface area contributed by atoms with Crippen molar-refractivity contribution in [2.45, 2.75) is 52.4 Å². The molecule has 1 atom stereocenters. The number of anilines is 2. The van der Waals surface area contributed by atoms with E-state index in [0.717, 1.165) is 66.5 Å². The molecule has 11 nitrogen and oxygen atoms in total. The van der Waals surface area contributed by atoms with Crippen LogP contribution in [0, 0.1) is 0 Å². The van der Waals surface area contributed by atoms with E-state index in [-0.39, 0.29) is 37.0 Å². The van der Waals surface area contributed by atoms with Crippen molar-refractivity contribution in [1.29, 1.82) is 0 Å². The number of carbonyl (C=O) groups excluding carboxylic acids is 3. The minimum atomic E-state index is -0.731. The molecule has 6 rings (SSSR count). The van der Waals surface area contributed by atoms with Crippen LogP contribution in [0.1, 0.15) is 43.0 Å². The Morgan fingerprint density at radius 2 is 1.37 bits per heavy atom. The van der Waals surface area contributed by atoms with Gasteiger partial charge in [-0.1, -0.05) is 66.7 Å². The molecule has 312 valence electrons. The second-order valence-electron chi connectivity index (χ2n) is 15.8. The van der Waals surface area contributed by atoms with Crippen LogP contribution in [0.3, 0.4) is 0 Å². The minimum Gasteiger partial charge on any atom is -0.491 e. The predicted octanol–water partition coefficient (Wildman–Crippen LogP) is 5.57. The van der Waals surface area contributed by atoms with Gasteiger partial charge in [-0.25, -0.2) is 0 Å². The van der Waals surface area contributed by atoms with Gasteiger partial charge in [-0.15, -0.1) is 0 Å². The Morgan fingerprint density at radius 1 is 0.746 bits per heavy atom. The molecule has 0 bridgehead atoms. The number of piperazine rings is 2. The van der Waals surface area contributed by atoms with Gasteiger partial charge >= 0.3 is 0 Å². The summed E-state index contributed by atoms with van der Waals surface area (Å²) in [7, 11) is 1.97. The number of carbonyl (C=O) groups is 3. The highest BCUT2D eigenvalue weighted by Gasteiger charge is 2.34. The molecule has 0 unspecified atom stereocenters. The van der Waals surface area contributed by atoms with Crippen LogP contribution in [0.15, 0.2) is 109 Å². The SMILES string of the molecule is CC(=O)N1CCN(c2ccc(CN(C(=O)C=Cc3ccc(OC(C)C)cc3)[C@@H](Cc3ccccc3)C(=O)N3CCN(Cc4ccc(N(C)CCO)cc4)CC3)cc2)CC1. The third kappa shape index (κ3) is 12.2. The minimum absolute atomic E-state index is 0.0540. The van der Waals surface area contributed by atoms with Crippen LogP contribution >= 0.6 is 0 Å². The first-order valence-electron chi connectivity index (χ1n) is 20.9. The number of rotatable bonds is 16. The number of benzene rings is 4. The number of nitrogens with zero attached hydrogens (tertiary/aromatic N) is 6. The Kier molecular flexibility index (Phi) is 15.2. The zero-order valence-corrected chi connectivity index (χ0v) is 35.1. The van der Waals surface area contributed by atoms with E-state index in [4.69, 9.17) is 4.74 Å². The van der Waals surface area contributed by atoms with Gasteiger partial charge in [0.05, 0.1) is 12.7 Å². The van der Waals surface area contributed by atoms with Crippen molar-refractivity contribution in [2.75, 3.05) is 82.4 Å². The highest BCUT2D eigenvalue weighted by molar-refractivity contribution is 5.96. The largest absolute Gasteiger partial charge is 0.491 e. The van der Waals surface area contributed by atoms with Crippen molar-refractivity contribution >= 4 is 35.2 Å². The zero-order chi connectivity index (χ0) is 41.7. The predicted molar refractivity (Wildman–Crippen MR) is 235 cm³/mol. The number of likely N-dealkylation sites (N-methyl/N-ethyl adjacent to an activating group) is 1. The van der Waals surface area contributed by atoms with Gasteiger partial charge < -0.3 is 34.3 Å². The third-order valence-electron chi connectivity index (χ3n) is 11.2. The number of hydrogen-bond acceptors (Lipinski definition) is 8. The fourth-order valence-corrected chi connectivity index (χ4v) is 7.72. The van der Waals surface area contributed by atoms with E-state index in [9.17, 15) is 19.5 Å². The Morgan fingerprint density at radius 3 is 1.98 bits per heavy atom. The van der Waals surface area contributed by atoms with Gasteiger partial charge in [-0.2, -0.15) is 0 Å². The second kappa shape index (κ2) is 20.9. The molecule has 2 aliphatic heterocycles. The first-order valence-corrected chi connectivity index (χ1v) is 20.9. The first kappa shape index (κ1) is 42.9. The highest BCUT2D eigenvalue weighted by atomic mass is 16.5. The van der Waals surface area contributed by atoms with Gasteiger partial charge in [0.25, 0.3) is 0 Å². The molecule has 3 amide bonds. The zero-order valence-electron chi connectivity index (χ0n) is 35.1. The summed E-state index contributed by atoms with van der Waals surface area (Å²) in [6.45, 7) is 12.8. The molecule has 4 aromatic rings. The van der Waals surface area contributed by atoms with E-state index >= 15 is 0 Å². The van der Waals surface area contributed by atoms with E-state index < -0.39 is 6.04 Å². The Hall–Kier alpha value is -5.65. The van der Waals surface area contributed by atoms with E-state index in [1.165, 1.54) is 5.56 Å². The van der Waals surface area contributed by atoms with Gasteiger partial charge in [0.2, 0.25) is 17.7 Å². The Labute approximate surface area is 350 Å². The Balaban J connectivity index is 1.21. The number of aliphatic hydroxyl groups excluding tert-OH is 1. The normalized spacial score (nSPS) is 15.4. The molecule has 11 heteroatoms. The van der Waals surface area contributed by atoms with Crippen molar-refractivity contribution in [3.8, 4) is 5.75 Å². The standard InChI is InChI=1S/C48H60N6O5/c1-37(2)59-45-21-14-39(15-22-45)16-23-47(57)54(36-42-12-19-44(20-13-42)52-30-28-51(29-31-52)38(3)56)46(34-40-8-6-5-7-9-40)48(58)53-26-24-50(25-27-53)35-41-10-17-43(18-11-41)49(4)32-33-55/h5-23,37,46,55H,24-36H2,1-4H3/t46-/m0/s1. The van der Waals surface area contributed by atoms with E-state index in [1.54, 1.807) is 24.0 Å². The van der Waals surface area contributed by atoms with Crippen LogP contribution < -0.4 is 14.5 Å². The van der Waals surface area contributed by atoms with Crippen molar-refractivity contribution in [1.82, 2.24) is 19.6 Å². The maximum absolute atomic E-state index is 14.8. The fourth-order valence-electron chi connectivity index (χ4n) is 7.72. The summed E-state index contributed by atoms with van der Waals surface area (Å²) in [6, 6.07) is 33.5. The lowest BCUT2D eigenvalue weighted by Gasteiger charge is -2.39. The van der Waals surface area contributed by atoms with Crippen LogP contribution in [-0.2, 0) is 33.9 Å². The maximum Gasteiger partial charge on any atom is 0.247 e. The summed E-state index contributed by atoms with van der Waals surface area (Å²) in [6.07, 6.45) is 3.83. The van der Waals surface area contributed by atoms with Crippen LogP contribution in [-0.4, -0.2) is 127 Å². The summed E-state index contributed by atoms with van der Waals surface area (Å²) in [4.78, 5) is 53.4. The number of hydrogen-bond donors (Lipinski definition) is 1. The summed E-state index contributed by atoms with van der Waals surface area (Å²) in [5, 5.41) is 9.31. The molecule has 0 spiro atoms. The summed E-state index contributed by atoms with van der Waals surface area (Å²) < 4.78 is 5.82. The summed E-state index contributed by atoms with van der Waals surface area (Å²) in [5.74, 6) is 0.574. The molecule has 0 radical (unpaired) electrons. The quantitative estimate of drug-likeness (QED) is 0.147. The third-order valence-corrected chi connectivity index (χ3v) is 11.2. The Bertz CT molecular complexity index is 1970. The molecular weight excluding hydrogens is 741 g/mol. The molecule has 2 fully saturated rings. The first-order chi connectivity index (χ1) is 28.6. The molecule has 0 aromatic heterocycles. The average molecular weight is 801 g/mol. The lowest BCUT2D eigenvalue weighted by atomic mass is 10.0. The molecule has 2 aliphatic rings. The monoisotopic (exact) mass is 800 g/mol. The highest BCUT2D eigenvalue weighted by Crippen LogP contribution is 2.23. The van der Waals surface area contributed by atoms with Crippen molar-refractivity contribution in [2.24, 2.45) is 0 Å². The number of ether oxygens (including phenoxy) is 1. The fraction of sp³-hybridized carbons (Fsp3) is 0.396. The molecule has 0 saturated carbocycles. The van der Waals surface area contributed by atoms with Crippen molar-refractivity contribution in [3.63, 3.8) is 0 Å². The molecule has 0 aliphatic carbocycles. The smallest absolute Gasteiger partial charge is 0.247 e. The number of aliphatic hydroxyl groups is 1.